The molecule has 0 aromatic heterocycles. The van der Waals surface area contributed by atoms with Gasteiger partial charge in [-0.15, -0.1) is 0 Å². The van der Waals surface area contributed by atoms with Crippen LogP contribution < -0.4 is 0 Å². The number of carbonyl (C=O) groups is 1. The molecule has 0 N–H and O–H groups in total. The normalized spacial score (nSPS) is 35.0. The van der Waals surface area contributed by atoms with Crippen molar-refractivity contribution in [1.29, 1.82) is 0 Å². The van der Waals surface area contributed by atoms with Gasteiger partial charge in [-0.3, -0.25) is 4.79 Å². The van der Waals surface area contributed by atoms with E-state index in [0.717, 1.165) is 11.8 Å². The van der Waals surface area contributed by atoms with Gasteiger partial charge in [0.2, 0.25) is 0 Å². The SMILES string of the molecule is C/C=C1/C[C@@H]2C[C@H]1CC2COC(=O)C(C)C. The first-order valence-electron chi connectivity index (χ1n) is 6.43. The summed E-state index contributed by atoms with van der Waals surface area (Å²) in [5.74, 6) is 2.14. The second-order valence-electron chi connectivity index (χ2n) is 5.54. The molecule has 0 aliphatic heterocycles. The predicted octanol–water partition coefficient (Wildman–Crippen LogP) is 3.18. The van der Waals surface area contributed by atoms with Crippen molar-refractivity contribution in [1.82, 2.24) is 0 Å². The molecule has 16 heavy (non-hydrogen) atoms. The van der Waals surface area contributed by atoms with Gasteiger partial charge in [0.1, 0.15) is 0 Å². The third kappa shape index (κ3) is 2.16. The van der Waals surface area contributed by atoms with Crippen molar-refractivity contribution in [2.75, 3.05) is 6.61 Å². The van der Waals surface area contributed by atoms with Crippen molar-refractivity contribution in [2.45, 2.75) is 40.0 Å². The molecule has 2 aliphatic rings. The fourth-order valence-corrected chi connectivity index (χ4v) is 3.15. The Balaban J connectivity index is 1.81. The second-order valence-corrected chi connectivity index (χ2v) is 5.54. The zero-order valence-corrected chi connectivity index (χ0v) is 10.5. The van der Waals surface area contributed by atoms with Crippen LogP contribution in [0.2, 0.25) is 0 Å². The van der Waals surface area contributed by atoms with Gasteiger partial charge < -0.3 is 4.74 Å². The highest BCUT2D eigenvalue weighted by atomic mass is 16.5. The van der Waals surface area contributed by atoms with Crippen LogP contribution in [0.3, 0.4) is 0 Å². The minimum atomic E-state index is -0.0472. The average Bonchev–Trinajstić information content (AvgIpc) is 2.83. The van der Waals surface area contributed by atoms with Crippen LogP contribution in [-0.4, -0.2) is 12.6 Å². The number of esters is 1. The lowest BCUT2D eigenvalue weighted by Crippen LogP contribution is -2.22. The maximum absolute atomic E-state index is 11.4. The highest BCUT2D eigenvalue weighted by Gasteiger charge is 2.42. The summed E-state index contributed by atoms with van der Waals surface area (Å²) < 4.78 is 5.35. The summed E-state index contributed by atoms with van der Waals surface area (Å²) in [6.45, 7) is 6.57. The highest BCUT2D eigenvalue weighted by molar-refractivity contribution is 5.71. The Labute approximate surface area is 98.1 Å². The molecule has 0 saturated heterocycles. The van der Waals surface area contributed by atoms with Gasteiger partial charge in [-0.05, 0) is 43.9 Å². The molecule has 90 valence electrons. The molecular weight excluding hydrogens is 200 g/mol. The number of hydrogen-bond acceptors (Lipinski definition) is 2. The molecule has 3 atom stereocenters. The summed E-state index contributed by atoms with van der Waals surface area (Å²) in [6, 6.07) is 0. The molecule has 0 spiro atoms. The molecule has 1 unspecified atom stereocenters. The van der Waals surface area contributed by atoms with E-state index in [4.69, 9.17) is 4.74 Å². The molecule has 0 heterocycles. The molecule has 2 heteroatoms. The number of carbonyl (C=O) groups excluding carboxylic acids is 1. The Morgan fingerprint density at radius 3 is 2.75 bits per heavy atom. The molecule has 0 aromatic carbocycles. The van der Waals surface area contributed by atoms with Crippen molar-refractivity contribution >= 4 is 5.97 Å². The van der Waals surface area contributed by atoms with Gasteiger partial charge in [0, 0.05) is 0 Å². The number of fused-ring (bicyclic) bond motifs is 2. The first-order valence-corrected chi connectivity index (χ1v) is 6.43. The molecule has 0 radical (unpaired) electrons. The summed E-state index contributed by atoms with van der Waals surface area (Å²) >= 11 is 0. The Morgan fingerprint density at radius 1 is 1.50 bits per heavy atom. The van der Waals surface area contributed by atoms with Gasteiger partial charge in [-0.1, -0.05) is 25.5 Å². The third-order valence-electron chi connectivity index (χ3n) is 4.15. The summed E-state index contributed by atoms with van der Waals surface area (Å²) in [5.41, 5.74) is 1.64. The predicted molar refractivity (Wildman–Crippen MR) is 63.9 cm³/mol. The Kier molecular flexibility index (Phi) is 3.36. The van der Waals surface area contributed by atoms with Crippen molar-refractivity contribution in [3.05, 3.63) is 11.6 Å². The third-order valence-corrected chi connectivity index (χ3v) is 4.15. The fraction of sp³-hybridized carbons (Fsp3) is 0.786. The minimum absolute atomic E-state index is 0.00434. The molecule has 0 aromatic rings. The summed E-state index contributed by atoms with van der Waals surface area (Å²) in [5, 5.41) is 0. The topological polar surface area (TPSA) is 26.3 Å². The smallest absolute Gasteiger partial charge is 0.308 e. The van der Waals surface area contributed by atoms with Crippen LogP contribution in [0.25, 0.3) is 0 Å². The molecule has 2 nitrogen and oxygen atoms in total. The van der Waals surface area contributed by atoms with E-state index in [2.05, 4.69) is 13.0 Å². The van der Waals surface area contributed by atoms with E-state index >= 15 is 0 Å². The molecule has 0 amide bonds. The standard InChI is InChI=1S/C14H22O2/c1-4-10-5-12-6-11(10)7-13(12)8-16-14(15)9(2)3/h4,9,11-13H,5-8H2,1-3H3/b10-4-/t11-,12+,13?/m0/s1. The Hall–Kier alpha value is -0.790. The summed E-state index contributed by atoms with van der Waals surface area (Å²) in [7, 11) is 0. The lowest BCUT2D eigenvalue weighted by Gasteiger charge is -2.23. The van der Waals surface area contributed by atoms with Crippen molar-refractivity contribution in [3.63, 3.8) is 0 Å². The van der Waals surface area contributed by atoms with E-state index < -0.39 is 0 Å². The first kappa shape index (κ1) is 11.7. The quantitative estimate of drug-likeness (QED) is 0.541. The van der Waals surface area contributed by atoms with Crippen molar-refractivity contribution in [2.24, 2.45) is 23.7 Å². The Morgan fingerprint density at radius 2 is 2.25 bits per heavy atom. The largest absolute Gasteiger partial charge is 0.465 e. The maximum Gasteiger partial charge on any atom is 0.308 e. The van der Waals surface area contributed by atoms with Gasteiger partial charge in [0.05, 0.1) is 12.5 Å². The van der Waals surface area contributed by atoms with Crippen LogP contribution in [-0.2, 0) is 9.53 Å². The fourth-order valence-electron chi connectivity index (χ4n) is 3.15. The molecule has 2 rings (SSSR count). The van der Waals surface area contributed by atoms with Crippen LogP contribution in [0, 0.1) is 23.7 Å². The molecule has 2 fully saturated rings. The van der Waals surface area contributed by atoms with Crippen LogP contribution in [0.4, 0.5) is 0 Å². The van der Waals surface area contributed by atoms with Gasteiger partial charge in [0.15, 0.2) is 0 Å². The van der Waals surface area contributed by atoms with Crippen LogP contribution >= 0.6 is 0 Å². The van der Waals surface area contributed by atoms with Gasteiger partial charge >= 0.3 is 5.97 Å². The van der Waals surface area contributed by atoms with E-state index in [1.54, 1.807) is 5.57 Å². The van der Waals surface area contributed by atoms with Gasteiger partial charge in [0.25, 0.3) is 0 Å². The van der Waals surface area contributed by atoms with Gasteiger partial charge in [-0.25, -0.2) is 0 Å². The first-order chi connectivity index (χ1) is 7.61. The monoisotopic (exact) mass is 222 g/mol. The zero-order valence-electron chi connectivity index (χ0n) is 10.5. The average molecular weight is 222 g/mol. The Bertz CT molecular complexity index is 304. The van der Waals surface area contributed by atoms with Crippen LogP contribution in [0.1, 0.15) is 40.0 Å². The lowest BCUT2D eigenvalue weighted by atomic mass is 9.86. The van der Waals surface area contributed by atoms with E-state index in [1.807, 2.05) is 13.8 Å². The van der Waals surface area contributed by atoms with Crippen molar-refractivity contribution < 1.29 is 9.53 Å². The number of ether oxygens (including phenoxy) is 1. The van der Waals surface area contributed by atoms with E-state index in [9.17, 15) is 4.79 Å². The molecular formula is C14H22O2. The highest BCUT2D eigenvalue weighted by Crippen LogP contribution is 2.51. The van der Waals surface area contributed by atoms with Crippen molar-refractivity contribution in [3.8, 4) is 0 Å². The van der Waals surface area contributed by atoms with E-state index in [1.165, 1.54) is 19.3 Å². The second kappa shape index (κ2) is 4.60. The van der Waals surface area contributed by atoms with E-state index in [-0.39, 0.29) is 11.9 Å². The lowest BCUT2D eigenvalue weighted by molar-refractivity contribution is -0.149. The summed E-state index contributed by atoms with van der Waals surface area (Å²) in [4.78, 5) is 11.4. The van der Waals surface area contributed by atoms with Crippen LogP contribution in [0.5, 0.6) is 0 Å². The van der Waals surface area contributed by atoms with Crippen LogP contribution in [0.15, 0.2) is 11.6 Å². The number of rotatable bonds is 3. The minimum Gasteiger partial charge on any atom is -0.465 e. The summed E-state index contributed by atoms with van der Waals surface area (Å²) in [6.07, 6.45) is 6.07. The van der Waals surface area contributed by atoms with Gasteiger partial charge in [-0.2, -0.15) is 0 Å². The molecule has 2 bridgehead atoms. The number of allylic oxidation sites excluding steroid dienone is 2. The molecule has 2 saturated carbocycles. The maximum atomic E-state index is 11.4. The van der Waals surface area contributed by atoms with E-state index in [0.29, 0.717) is 12.5 Å². The number of hydrogen-bond donors (Lipinski definition) is 0. The zero-order chi connectivity index (χ0) is 11.7. The molecule has 2 aliphatic carbocycles.